The number of carboxylic acids is 1. The van der Waals surface area contributed by atoms with E-state index in [0.717, 1.165) is 10.0 Å². The number of benzene rings is 1. The number of rotatable bonds is 2. The van der Waals surface area contributed by atoms with Crippen molar-refractivity contribution in [2.75, 3.05) is 11.5 Å². The van der Waals surface area contributed by atoms with Crippen LogP contribution in [0.3, 0.4) is 0 Å². The fourth-order valence-corrected chi connectivity index (χ4v) is 3.66. The van der Waals surface area contributed by atoms with Gasteiger partial charge in [0.05, 0.1) is 0 Å². The van der Waals surface area contributed by atoms with Crippen LogP contribution >= 0.6 is 15.9 Å². The zero-order valence-electron chi connectivity index (χ0n) is 8.93. The average molecular weight is 318 g/mol. The first kappa shape index (κ1) is 12.7. The molecular weight excluding hydrogens is 306 g/mol. The Kier molecular flexibility index (Phi) is 3.96. The Labute approximate surface area is 110 Å². The van der Waals surface area contributed by atoms with E-state index in [2.05, 4.69) is 21.2 Å². The van der Waals surface area contributed by atoms with Gasteiger partial charge in [-0.2, -0.15) is 0 Å². The Morgan fingerprint density at radius 1 is 1.47 bits per heavy atom. The Hall–Kier alpha value is -0.720. The molecule has 1 fully saturated rings. The lowest BCUT2D eigenvalue weighted by atomic mass is 10.1. The summed E-state index contributed by atoms with van der Waals surface area (Å²) < 4.78 is 12.6. The predicted molar refractivity (Wildman–Crippen MR) is 69.3 cm³/mol. The molecule has 6 heteroatoms. The molecule has 92 valence electrons. The number of hydrogen-bond donors (Lipinski definition) is 2. The fraction of sp³-hybridized carbons (Fsp3) is 0.364. The lowest BCUT2D eigenvalue weighted by Crippen LogP contribution is -2.49. The number of hydrogen-bond acceptors (Lipinski definition) is 3. The van der Waals surface area contributed by atoms with Crippen molar-refractivity contribution >= 4 is 32.7 Å². The van der Waals surface area contributed by atoms with Crippen LogP contribution in [0.2, 0.25) is 0 Å². The second kappa shape index (κ2) is 5.29. The van der Waals surface area contributed by atoms with Gasteiger partial charge in [0.1, 0.15) is 6.04 Å². The van der Waals surface area contributed by atoms with Crippen LogP contribution < -0.4 is 5.32 Å². The zero-order chi connectivity index (χ0) is 12.4. The summed E-state index contributed by atoms with van der Waals surface area (Å²) in [6.45, 7) is 0. The van der Waals surface area contributed by atoms with Crippen LogP contribution in [0.15, 0.2) is 28.7 Å². The van der Waals surface area contributed by atoms with E-state index >= 15 is 0 Å². The van der Waals surface area contributed by atoms with Crippen LogP contribution in [-0.2, 0) is 15.6 Å². The molecule has 1 aromatic rings. The first-order valence-electron chi connectivity index (χ1n) is 5.15. The molecule has 2 rings (SSSR count). The van der Waals surface area contributed by atoms with E-state index in [1.54, 1.807) is 0 Å². The van der Waals surface area contributed by atoms with Gasteiger partial charge in [-0.15, -0.1) is 0 Å². The summed E-state index contributed by atoms with van der Waals surface area (Å²) in [5, 5.41) is 12.0. The summed E-state index contributed by atoms with van der Waals surface area (Å²) >= 11 is 3.37. The van der Waals surface area contributed by atoms with Crippen LogP contribution in [0.4, 0.5) is 0 Å². The van der Waals surface area contributed by atoms with Crippen LogP contribution in [-0.4, -0.2) is 32.8 Å². The average Bonchev–Trinajstić information content (AvgIpc) is 2.28. The van der Waals surface area contributed by atoms with Crippen molar-refractivity contribution in [1.82, 2.24) is 5.32 Å². The number of carboxylic acid groups (broad SMARTS) is 1. The summed E-state index contributed by atoms with van der Waals surface area (Å²) in [6, 6.07) is 6.71. The second-order valence-electron chi connectivity index (χ2n) is 3.94. The molecule has 3 atom stereocenters. The molecule has 4 nitrogen and oxygen atoms in total. The van der Waals surface area contributed by atoms with E-state index in [1.807, 2.05) is 24.3 Å². The minimum atomic E-state index is -1.09. The van der Waals surface area contributed by atoms with Gasteiger partial charge in [-0.25, -0.2) is 0 Å². The summed E-state index contributed by atoms with van der Waals surface area (Å²) in [5.41, 5.74) is 0.957. The van der Waals surface area contributed by atoms with Gasteiger partial charge < -0.3 is 5.11 Å². The molecule has 1 heterocycles. The number of nitrogens with one attached hydrogen (secondary N) is 1. The van der Waals surface area contributed by atoms with Crippen molar-refractivity contribution < 1.29 is 14.1 Å². The van der Waals surface area contributed by atoms with Crippen LogP contribution in [0.25, 0.3) is 0 Å². The van der Waals surface area contributed by atoms with E-state index in [0.29, 0.717) is 5.75 Å². The lowest BCUT2D eigenvalue weighted by Gasteiger charge is -2.28. The van der Waals surface area contributed by atoms with Gasteiger partial charge in [-0.1, -0.05) is 28.1 Å². The Morgan fingerprint density at radius 3 is 2.88 bits per heavy atom. The van der Waals surface area contributed by atoms with E-state index in [1.165, 1.54) is 0 Å². The third-order valence-electron chi connectivity index (χ3n) is 2.66. The molecule has 0 saturated carbocycles. The maximum Gasteiger partial charge on any atom is 0.321 e. The molecule has 1 saturated heterocycles. The largest absolute Gasteiger partial charge is 0.480 e. The third-order valence-corrected chi connectivity index (χ3v) is 4.56. The predicted octanol–water partition coefficient (Wildman–Crippen LogP) is 1.30. The molecule has 1 aliphatic rings. The van der Waals surface area contributed by atoms with E-state index in [-0.39, 0.29) is 11.8 Å². The molecule has 0 bridgehead atoms. The highest BCUT2D eigenvalue weighted by Gasteiger charge is 2.30. The van der Waals surface area contributed by atoms with Crippen molar-refractivity contribution in [2.24, 2.45) is 0 Å². The van der Waals surface area contributed by atoms with Crippen molar-refractivity contribution in [3.8, 4) is 0 Å². The molecule has 0 amide bonds. The van der Waals surface area contributed by atoms with Crippen LogP contribution in [0, 0.1) is 0 Å². The van der Waals surface area contributed by atoms with Gasteiger partial charge in [0.25, 0.3) is 0 Å². The smallest absolute Gasteiger partial charge is 0.321 e. The molecule has 0 aliphatic carbocycles. The highest BCUT2D eigenvalue weighted by Crippen LogP contribution is 2.22. The first-order chi connectivity index (χ1) is 8.06. The van der Waals surface area contributed by atoms with Crippen LogP contribution in [0.1, 0.15) is 11.6 Å². The Morgan fingerprint density at radius 2 is 2.24 bits per heavy atom. The third kappa shape index (κ3) is 3.14. The van der Waals surface area contributed by atoms with Gasteiger partial charge >= 0.3 is 5.97 Å². The maximum absolute atomic E-state index is 11.6. The number of aliphatic carboxylic acids is 1. The normalized spacial score (nSPS) is 28.9. The quantitative estimate of drug-likeness (QED) is 0.862. The highest BCUT2D eigenvalue weighted by atomic mass is 79.9. The Balaban J connectivity index is 2.21. The summed E-state index contributed by atoms with van der Waals surface area (Å²) in [4.78, 5) is 10.9. The molecule has 1 aromatic carbocycles. The van der Waals surface area contributed by atoms with Crippen molar-refractivity contribution in [3.05, 3.63) is 34.3 Å². The minimum Gasteiger partial charge on any atom is -0.480 e. The molecular formula is C11H12BrNO3S. The summed E-state index contributed by atoms with van der Waals surface area (Å²) in [5.74, 6) is -0.307. The standard InChI is InChI=1S/C11H12BrNO3S/c12-8-3-1-2-7(4-8)9-5-17(16)6-10(13-9)11(14)15/h1-4,9-10,13H,5-6H2,(H,14,15). The zero-order valence-corrected chi connectivity index (χ0v) is 11.3. The fourth-order valence-electron chi connectivity index (χ4n) is 1.84. The summed E-state index contributed by atoms with van der Waals surface area (Å²) in [7, 11) is -1.09. The summed E-state index contributed by atoms with van der Waals surface area (Å²) in [6.07, 6.45) is 0. The molecule has 2 N–H and O–H groups in total. The Bertz CT molecular complexity index is 466. The van der Waals surface area contributed by atoms with Gasteiger partial charge in [0.2, 0.25) is 0 Å². The van der Waals surface area contributed by atoms with Gasteiger partial charge in [-0.05, 0) is 17.7 Å². The molecule has 0 spiro atoms. The van der Waals surface area contributed by atoms with Crippen molar-refractivity contribution in [2.45, 2.75) is 12.1 Å². The van der Waals surface area contributed by atoms with E-state index in [4.69, 9.17) is 5.11 Å². The van der Waals surface area contributed by atoms with E-state index in [9.17, 15) is 9.00 Å². The SMILES string of the molecule is O=C(O)C1CS(=O)CC(c2cccc(Br)c2)N1. The molecule has 0 radical (unpaired) electrons. The van der Waals surface area contributed by atoms with Crippen molar-refractivity contribution in [1.29, 1.82) is 0 Å². The van der Waals surface area contributed by atoms with Gasteiger partial charge in [0.15, 0.2) is 0 Å². The molecule has 17 heavy (non-hydrogen) atoms. The monoisotopic (exact) mass is 317 g/mol. The van der Waals surface area contributed by atoms with Crippen LogP contribution in [0.5, 0.6) is 0 Å². The minimum absolute atomic E-state index is 0.164. The lowest BCUT2D eigenvalue weighted by molar-refractivity contribution is -0.139. The topological polar surface area (TPSA) is 66.4 Å². The molecule has 1 aliphatic heterocycles. The highest BCUT2D eigenvalue weighted by molar-refractivity contribution is 9.10. The van der Waals surface area contributed by atoms with Crippen molar-refractivity contribution in [3.63, 3.8) is 0 Å². The second-order valence-corrected chi connectivity index (χ2v) is 6.40. The molecule has 0 aromatic heterocycles. The first-order valence-corrected chi connectivity index (χ1v) is 7.43. The van der Waals surface area contributed by atoms with E-state index < -0.39 is 22.8 Å². The number of halogens is 1. The van der Waals surface area contributed by atoms with Gasteiger partial charge in [0, 0.05) is 32.8 Å². The number of carbonyl (C=O) groups is 1. The molecule has 3 unspecified atom stereocenters. The maximum atomic E-state index is 11.6. The van der Waals surface area contributed by atoms with Gasteiger partial charge in [-0.3, -0.25) is 14.3 Å².